The summed E-state index contributed by atoms with van der Waals surface area (Å²) in [5.41, 5.74) is 0. The van der Waals surface area contributed by atoms with Crippen LogP contribution in [-0.4, -0.2) is 64.1 Å². The summed E-state index contributed by atoms with van der Waals surface area (Å²) in [5.74, 6) is 0.827. The Morgan fingerprint density at radius 2 is 2.37 bits per heavy atom. The van der Waals surface area contributed by atoms with E-state index in [-0.39, 0.29) is 11.9 Å². The van der Waals surface area contributed by atoms with Crippen molar-refractivity contribution >= 4 is 17.7 Å². The second kappa shape index (κ2) is 6.85. The molecule has 1 fully saturated rings. The average molecular weight is 285 g/mol. The molecule has 7 nitrogen and oxygen atoms in total. The van der Waals surface area contributed by atoms with Gasteiger partial charge in [-0.15, -0.1) is 5.10 Å². The molecule has 0 spiro atoms. The van der Waals surface area contributed by atoms with Crippen molar-refractivity contribution in [3.8, 4) is 0 Å². The summed E-state index contributed by atoms with van der Waals surface area (Å²) in [6.45, 7) is 2.23. The minimum atomic E-state index is -0.0622. The van der Waals surface area contributed by atoms with Crippen molar-refractivity contribution in [1.82, 2.24) is 25.1 Å². The quantitative estimate of drug-likeness (QED) is 0.526. The molecule has 0 saturated carbocycles. The molecule has 0 amide bonds. The molecule has 1 saturated heterocycles. The van der Waals surface area contributed by atoms with Gasteiger partial charge in [0.1, 0.15) is 0 Å². The lowest BCUT2D eigenvalue weighted by Crippen LogP contribution is -2.19. The van der Waals surface area contributed by atoms with E-state index in [4.69, 9.17) is 4.74 Å². The highest BCUT2D eigenvalue weighted by molar-refractivity contribution is 7.99. The normalized spacial score (nSPS) is 19.1. The number of nitrogens with zero attached hydrogens (tertiary/aromatic N) is 5. The number of hydrogen-bond acceptors (Lipinski definition) is 7. The number of likely N-dealkylation sites (N-methyl/N-ethyl adjacent to an activating group) is 1. The van der Waals surface area contributed by atoms with Crippen LogP contribution in [0.15, 0.2) is 5.16 Å². The Balaban J connectivity index is 1.76. The van der Waals surface area contributed by atoms with Crippen molar-refractivity contribution in [2.45, 2.75) is 24.5 Å². The topological polar surface area (TPSA) is 73.1 Å². The summed E-state index contributed by atoms with van der Waals surface area (Å²) in [4.78, 5) is 13.4. The van der Waals surface area contributed by atoms with Gasteiger partial charge in [0.2, 0.25) is 5.16 Å². The lowest BCUT2D eigenvalue weighted by molar-refractivity contribution is -0.141. The fraction of sp³-hybridized carbons (Fsp3) is 0.818. The summed E-state index contributed by atoms with van der Waals surface area (Å²) in [6, 6.07) is 0. The molecule has 0 N–H and O–H groups in total. The standard InChI is InChI=1S/C11H19N5O2S/c1-15(2)5-6-16-11(12-13-14-16)19-8-4-9-3-7-18-10(9)17/h9H,3-8H2,1-2H3/t9-/m0/s1. The van der Waals surface area contributed by atoms with E-state index in [1.54, 1.807) is 16.4 Å². The van der Waals surface area contributed by atoms with Crippen LogP contribution in [0.5, 0.6) is 0 Å². The lowest BCUT2D eigenvalue weighted by Gasteiger charge is -2.10. The summed E-state index contributed by atoms with van der Waals surface area (Å²) in [5, 5.41) is 12.5. The first-order chi connectivity index (χ1) is 9.16. The Kier molecular flexibility index (Phi) is 5.15. The number of tetrazole rings is 1. The Morgan fingerprint density at radius 3 is 3.05 bits per heavy atom. The van der Waals surface area contributed by atoms with E-state index >= 15 is 0 Å². The molecule has 1 aromatic heterocycles. The first kappa shape index (κ1) is 14.3. The van der Waals surface area contributed by atoms with Gasteiger partial charge in [-0.1, -0.05) is 11.8 Å². The fourth-order valence-electron chi connectivity index (χ4n) is 1.83. The predicted octanol–water partition coefficient (Wildman–Crippen LogP) is 0.280. The van der Waals surface area contributed by atoms with Crippen LogP contribution in [0.4, 0.5) is 0 Å². The van der Waals surface area contributed by atoms with Crippen LogP contribution >= 0.6 is 11.8 Å². The number of carbonyl (C=O) groups is 1. The van der Waals surface area contributed by atoms with E-state index in [1.807, 2.05) is 14.1 Å². The minimum absolute atomic E-state index is 0.0543. The molecule has 1 atom stereocenters. The number of esters is 1. The molecular weight excluding hydrogens is 266 g/mol. The maximum absolute atomic E-state index is 11.3. The zero-order valence-electron chi connectivity index (χ0n) is 11.3. The fourth-order valence-corrected chi connectivity index (χ4v) is 2.78. The zero-order chi connectivity index (χ0) is 13.7. The lowest BCUT2D eigenvalue weighted by atomic mass is 10.1. The third-order valence-corrected chi connectivity index (χ3v) is 3.99. The van der Waals surface area contributed by atoms with E-state index < -0.39 is 0 Å². The molecule has 2 heterocycles. The molecule has 1 aromatic rings. The van der Waals surface area contributed by atoms with Gasteiger partial charge in [-0.25, -0.2) is 4.68 Å². The summed E-state index contributed by atoms with van der Waals surface area (Å²) in [6.07, 6.45) is 1.66. The van der Waals surface area contributed by atoms with Crippen molar-refractivity contribution in [2.75, 3.05) is 33.0 Å². The minimum Gasteiger partial charge on any atom is -0.465 e. The maximum atomic E-state index is 11.3. The number of rotatable bonds is 7. The third kappa shape index (κ3) is 4.17. The van der Waals surface area contributed by atoms with Crippen LogP contribution < -0.4 is 0 Å². The maximum Gasteiger partial charge on any atom is 0.309 e. The Labute approximate surface area is 116 Å². The molecule has 0 unspecified atom stereocenters. The average Bonchev–Trinajstić information content (AvgIpc) is 2.97. The molecule has 8 heteroatoms. The first-order valence-corrected chi connectivity index (χ1v) is 7.35. The molecule has 1 aliphatic rings. The van der Waals surface area contributed by atoms with Crippen molar-refractivity contribution < 1.29 is 9.53 Å². The van der Waals surface area contributed by atoms with Crippen LogP contribution in [0, 0.1) is 5.92 Å². The van der Waals surface area contributed by atoms with Crippen molar-refractivity contribution in [1.29, 1.82) is 0 Å². The molecule has 0 radical (unpaired) electrons. The first-order valence-electron chi connectivity index (χ1n) is 6.37. The smallest absolute Gasteiger partial charge is 0.309 e. The van der Waals surface area contributed by atoms with Crippen molar-refractivity contribution in [3.05, 3.63) is 0 Å². The summed E-state index contributed by atoms with van der Waals surface area (Å²) in [7, 11) is 4.03. The highest BCUT2D eigenvalue weighted by Gasteiger charge is 2.26. The molecule has 19 heavy (non-hydrogen) atoms. The summed E-state index contributed by atoms with van der Waals surface area (Å²) < 4.78 is 6.75. The molecule has 0 aromatic carbocycles. The predicted molar refractivity (Wildman–Crippen MR) is 70.8 cm³/mol. The van der Waals surface area contributed by atoms with Gasteiger partial charge in [-0.2, -0.15) is 0 Å². The molecule has 0 bridgehead atoms. The van der Waals surface area contributed by atoms with E-state index in [0.29, 0.717) is 6.61 Å². The largest absolute Gasteiger partial charge is 0.465 e. The van der Waals surface area contributed by atoms with Gasteiger partial charge in [0, 0.05) is 12.3 Å². The van der Waals surface area contributed by atoms with Crippen molar-refractivity contribution in [3.63, 3.8) is 0 Å². The third-order valence-electron chi connectivity index (χ3n) is 3.00. The van der Waals surface area contributed by atoms with Crippen LogP contribution in [0.2, 0.25) is 0 Å². The SMILES string of the molecule is CN(C)CCn1nnnc1SCC[C@@H]1CCOC1=O. The second-order valence-electron chi connectivity index (χ2n) is 4.78. The van der Waals surface area contributed by atoms with E-state index in [2.05, 4.69) is 20.4 Å². The van der Waals surface area contributed by atoms with Gasteiger partial charge in [-0.3, -0.25) is 4.79 Å². The molecule has 0 aliphatic carbocycles. The van der Waals surface area contributed by atoms with Gasteiger partial charge in [-0.05, 0) is 37.4 Å². The van der Waals surface area contributed by atoms with Gasteiger partial charge in [0.05, 0.1) is 19.1 Å². The molecular formula is C11H19N5O2S. The number of ether oxygens (including phenoxy) is 1. The highest BCUT2D eigenvalue weighted by Crippen LogP contribution is 2.23. The van der Waals surface area contributed by atoms with Crippen LogP contribution in [-0.2, 0) is 16.1 Å². The van der Waals surface area contributed by atoms with E-state index in [1.165, 1.54) is 0 Å². The Bertz CT molecular complexity index is 423. The number of thioether (sulfide) groups is 1. The van der Waals surface area contributed by atoms with Crippen LogP contribution in [0.25, 0.3) is 0 Å². The zero-order valence-corrected chi connectivity index (χ0v) is 12.1. The Hall–Kier alpha value is -1.15. The van der Waals surface area contributed by atoms with Gasteiger partial charge in [0.15, 0.2) is 0 Å². The monoisotopic (exact) mass is 285 g/mol. The van der Waals surface area contributed by atoms with E-state index in [9.17, 15) is 4.79 Å². The second-order valence-corrected chi connectivity index (χ2v) is 5.84. The number of carbonyl (C=O) groups excluding carboxylic acids is 1. The van der Waals surface area contributed by atoms with E-state index in [0.717, 1.165) is 36.8 Å². The number of cyclic esters (lactones) is 1. The summed E-state index contributed by atoms with van der Waals surface area (Å²) >= 11 is 1.59. The molecule has 1 aliphatic heterocycles. The molecule has 106 valence electrons. The highest BCUT2D eigenvalue weighted by atomic mass is 32.2. The van der Waals surface area contributed by atoms with Crippen LogP contribution in [0.3, 0.4) is 0 Å². The van der Waals surface area contributed by atoms with Crippen LogP contribution in [0.1, 0.15) is 12.8 Å². The molecule has 2 rings (SSSR count). The van der Waals surface area contributed by atoms with Crippen molar-refractivity contribution in [2.24, 2.45) is 5.92 Å². The van der Waals surface area contributed by atoms with Gasteiger partial charge < -0.3 is 9.64 Å². The number of hydrogen-bond donors (Lipinski definition) is 0. The number of aromatic nitrogens is 4. The van der Waals surface area contributed by atoms with Gasteiger partial charge in [0.25, 0.3) is 0 Å². The Morgan fingerprint density at radius 1 is 1.53 bits per heavy atom. The van der Waals surface area contributed by atoms with Gasteiger partial charge >= 0.3 is 5.97 Å².